The summed E-state index contributed by atoms with van der Waals surface area (Å²) < 4.78 is 0. The van der Waals surface area contributed by atoms with Crippen molar-refractivity contribution < 1.29 is 14.7 Å². The van der Waals surface area contributed by atoms with E-state index in [0.717, 1.165) is 0 Å². The van der Waals surface area contributed by atoms with Crippen LogP contribution in [0.2, 0.25) is 0 Å². The van der Waals surface area contributed by atoms with Gasteiger partial charge >= 0.3 is 0 Å². The molecule has 5 nitrogen and oxygen atoms in total. The maximum Gasteiger partial charge on any atom is 0.251 e. The molecule has 22 heavy (non-hydrogen) atoms. The third-order valence-corrected chi connectivity index (χ3v) is 3.84. The molecule has 2 amide bonds. The van der Waals surface area contributed by atoms with Crippen molar-refractivity contribution in [3.05, 3.63) is 35.9 Å². The van der Waals surface area contributed by atoms with Crippen molar-refractivity contribution in [1.82, 2.24) is 10.6 Å². The van der Waals surface area contributed by atoms with E-state index in [-0.39, 0.29) is 30.8 Å². The Balaban J connectivity index is 2.40. The Morgan fingerprint density at radius 3 is 2.32 bits per heavy atom. The normalized spacial score (nSPS) is 12.5. The van der Waals surface area contributed by atoms with Crippen LogP contribution in [-0.4, -0.2) is 35.1 Å². The quantitative estimate of drug-likeness (QED) is 0.686. The number of hydrogen-bond donors (Lipinski definition) is 3. The van der Waals surface area contributed by atoms with Gasteiger partial charge in [-0.3, -0.25) is 9.59 Å². The van der Waals surface area contributed by atoms with Crippen molar-refractivity contribution in [3.8, 4) is 0 Å². The number of aliphatic hydroxyl groups is 1. The zero-order chi connectivity index (χ0) is 16.6. The highest BCUT2D eigenvalue weighted by Crippen LogP contribution is 2.12. The Hall–Kier alpha value is -1.88. The molecule has 0 heterocycles. The Morgan fingerprint density at radius 1 is 1.18 bits per heavy atom. The molecule has 0 bridgehead atoms. The Kier molecular flexibility index (Phi) is 7.05. The molecule has 0 fully saturated rings. The van der Waals surface area contributed by atoms with Crippen molar-refractivity contribution in [3.63, 3.8) is 0 Å². The second-order valence-corrected chi connectivity index (χ2v) is 5.65. The minimum Gasteiger partial charge on any atom is -0.388 e. The van der Waals surface area contributed by atoms with E-state index < -0.39 is 5.60 Å². The van der Waals surface area contributed by atoms with E-state index >= 15 is 0 Å². The summed E-state index contributed by atoms with van der Waals surface area (Å²) in [4.78, 5) is 23.8. The van der Waals surface area contributed by atoms with Gasteiger partial charge in [0.2, 0.25) is 5.91 Å². The fourth-order valence-electron chi connectivity index (χ4n) is 2.06. The van der Waals surface area contributed by atoms with Crippen LogP contribution >= 0.6 is 0 Å². The van der Waals surface area contributed by atoms with Gasteiger partial charge in [-0.1, -0.05) is 32.0 Å². The molecule has 1 rings (SSSR count). The molecule has 122 valence electrons. The molecule has 0 radical (unpaired) electrons. The largest absolute Gasteiger partial charge is 0.388 e. The van der Waals surface area contributed by atoms with Gasteiger partial charge in [0.15, 0.2) is 0 Å². The van der Waals surface area contributed by atoms with Crippen LogP contribution in [0.15, 0.2) is 30.3 Å². The first-order valence-electron chi connectivity index (χ1n) is 7.75. The van der Waals surface area contributed by atoms with Gasteiger partial charge < -0.3 is 15.7 Å². The van der Waals surface area contributed by atoms with Crippen LogP contribution in [0.5, 0.6) is 0 Å². The minimum absolute atomic E-state index is 0.179. The number of benzene rings is 1. The summed E-state index contributed by atoms with van der Waals surface area (Å²) >= 11 is 0. The predicted molar refractivity (Wildman–Crippen MR) is 86.5 cm³/mol. The fourth-order valence-corrected chi connectivity index (χ4v) is 2.06. The first-order chi connectivity index (χ1) is 10.4. The molecule has 0 aliphatic carbocycles. The lowest BCUT2D eigenvalue weighted by atomic mass is 9.97. The summed E-state index contributed by atoms with van der Waals surface area (Å²) in [6, 6.07) is 8.61. The van der Waals surface area contributed by atoms with Crippen LogP contribution in [0.3, 0.4) is 0 Å². The molecule has 0 saturated heterocycles. The molecular formula is C17H26N2O3. The fraction of sp³-hybridized carbons (Fsp3) is 0.529. The van der Waals surface area contributed by atoms with Gasteiger partial charge in [-0.2, -0.15) is 0 Å². The molecule has 1 unspecified atom stereocenters. The van der Waals surface area contributed by atoms with E-state index in [0.29, 0.717) is 18.4 Å². The van der Waals surface area contributed by atoms with Crippen molar-refractivity contribution in [2.45, 2.75) is 51.7 Å². The van der Waals surface area contributed by atoms with E-state index in [4.69, 9.17) is 0 Å². The summed E-state index contributed by atoms with van der Waals surface area (Å²) in [5, 5.41) is 15.6. The van der Waals surface area contributed by atoms with E-state index in [1.165, 1.54) is 0 Å². The van der Waals surface area contributed by atoms with E-state index in [1.807, 2.05) is 19.9 Å². The number of hydrogen-bond acceptors (Lipinski definition) is 3. The molecule has 5 heteroatoms. The van der Waals surface area contributed by atoms with Gasteiger partial charge in [0.25, 0.3) is 5.91 Å². The van der Waals surface area contributed by atoms with Gasteiger partial charge in [-0.05, 0) is 31.9 Å². The van der Waals surface area contributed by atoms with Crippen molar-refractivity contribution >= 4 is 11.8 Å². The topological polar surface area (TPSA) is 78.4 Å². The standard InChI is InChI=1S/C17H26N2O3/c1-4-17(22,5-2)12-18-15(20)11-13(3)19-16(21)14-9-7-6-8-10-14/h6-10,13,22H,4-5,11-12H2,1-3H3,(H,18,20)(H,19,21). The summed E-state index contributed by atoms with van der Waals surface area (Å²) in [6.45, 7) is 5.79. The molecule has 0 saturated carbocycles. The SMILES string of the molecule is CCC(O)(CC)CNC(=O)CC(C)NC(=O)c1ccccc1. The van der Waals surface area contributed by atoms with Gasteiger partial charge in [-0.25, -0.2) is 0 Å². The lowest BCUT2D eigenvalue weighted by Crippen LogP contribution is -2.44. The van der Waals surface area contributed by atoms with Crippen LogP contribution in [0.4, 0.5) is 0 Å². The third kappa shape index (κ3) is 5.85. The molecule has 0 aliphatic rings. The lowest BCUT2D eigenvalue weighted by molar-refractivity contribution is -0.122. The molecule has 0 aromatic heterocycles. The van der Waals surface area contributed by atoms with Crippen LogP contribution in [-0.2, 0) is 4.79 Å². The monoisotopic (exact) mass is 306 g/mol. The van der Waals surface area contributed by atoms with Gasteiger partial charge in [0.05, 0.1) is 5.60 Å². The first-order valence-corrected chi connectivity index (χ1v) is 7.75. The maximum atomic E-state index is 12.0. The van der Waals surface area contributed by atoms with Gasteiger partial charge in [0, 0.05) is 24.6 Å². The highest BCUT2D eigenvalue weighted by molar-refractivity contribution is 5.94. The van der Waals surface area contributed by atoms with Crippen LogP contribution in [0.25, 0.3) is 0 Å². The summed E-state index contributed by atoms with van der Waals surface area (Å²) in [6.07, 6.45) is 1.36. The van der Waals surface area contributed by atoms with Crippen LogP contribution in [0, 0.1) is 0 Å². The Morgan fingerprint density at radius 2 is 1.77 bits per heavy atom. The van der Waals surface area contributed by atoms with Crippen molar-refractivity contribution in [1.29, 1.82) is 0 Å². The average Bonchev–Trinajstić information content (AvgIpc) is 2.53. The number of carbonyl (C=O) groups is 2. The van der Waals surface area contributed by atoms with E-state index in [2.05, 4.69) is 10.6 Å². The highest BCUT2D eigenvalue weighted by Gasteiger charge is 2.23. The Labute approximate surface area is 132 Å². The molecule has 3 N–H and O–H groups in total. The van der Waals surface area contributed by atoms with Crippen molar-refractivity contribution in [2.24, 2.45) is 0 Å². The summed E-state index contributed by atoms with van der Waals surface area (Å²) in [5.41, 5.74) is -0.285. The van der Waals surface area contributed by atoms with Crippen LogP contribution in [0.1, 0.15) is 50.4 Å². The average molecular weight is 306 g/mol. The van der Waals surface area contributed by atoms with E-state index in [1.54, 1.807) is 31.2 Å². The maximum absolute atomic E-state index is 12.0. The van der Waals surface area contributed by atoms with Crippen molar-refractivity contribution in [2.75, 3.05) is 6.54 Å². The number of rotatable bonds is 8. The zero-order valence-electron chi connectivity index (χ0n) is 13.6. The Bertz CT molecular complexity index is 484. The molecular weight excluding hydrogens is 280 g/mol. The van der Waals surface area contributed by atoms with Gasteiger partial charge in [0.1, 0.15) is 0 Å². The third-order valence-electron chi connectivity index (χ3n) is 3.84. The summed E-state index contributed by atoms with van der Waals surface area (Å²) in [5.74, 6) is -0.374. The van der Waals surface area contributed by atoms with Crippen LogP contribution < -0.4 is 10.6 Å². The molecule has 1 atom stereocenters. The molecule has 1 aromatic carbocycles. The summed E-state index contributed by atoms with van der Waals surface area (Å²) in [7, 11) is 0. The number of nitrogens with one attached hydrogen (secondary N) is 2. The second-order valence-electron chi connectivity index (χ2n) is 5.65. The minimum atomic E-state index is -0.855. The molecule has 0 aliphatic heterocycles. The van der Waals surface area contributed by atoms with E-state index in [9.17, 15) is 14.7 Å². The smallest absolute Gasteiger partial charge is 0.251 e. The molecule has 1 aromatic rings. The second kappa shape index (κ2) is 8.54. The molecule has 0 spiro atoms. The lowest BCUT2D eigenvalue weighted by Gasteiger charge is -2.25. The van der Waals surface area contributed by atoms with Gasteiger partial charge in [-0.15, -0.1) is 0 Å². The highest BCUT2D eigenvalue weighted by atomic mass is 16.3. The zero-order valence-corrected chi connectivity index (χ0v) is 13.6. The number of carbonyl (C=O) groups excluding carboxylic acids is 2. The first kappa shape index (κ1) is 18.2. The predicted octanol–water partition coefficient (Wildman–Crippen LogP) is 1.86. The number of amides is 2.